The van der Waals surface area contributed by atoms with Gasteiger partial charge in [0.25, 0.3) is 0 Å². The summed E-state index contributed by atoms with van der Waals surface area (Å²) in [5, 5.41) is -0.0366. The summed E-state index contributed by atoms with van der Waals surface area (Å²) in [6.07, 6.45) is 0. The highest BCUT2D eigenvalue weighted by atomic mass is 35.5. The molecule has 0 aliphatic heterocycles. The van der Waals surface area contributed by atoms with E-state index < -0.39 is 15.1 Å². The van der Waals surface area contributed by atoms with Crippen molar-refractivity contribution in [1.82, 2.24) is 0 Å². The second-order valence-electron chi connectivity index (χ2n) is 5.48. The molecular formula is C16H16ClNO2S. The molecule has 0 bridgehead atoms. The molecule has 1 aliphatic rings. The van der Waals surface area contributed by atoms with Crippen LogP contribution >= 0.6 is 11.6 Å². The Balaban J connectivity index is 1.91. The van der Waals surface area contributed by atoms with Gasteiger partial charge in [-0.25, -0.2) is 8.42 Å². The zero-order valence-electron chi connectivity index (χ0n) is 11.5. The molecule has 5 heteroatoms. The molecule has 3 nitrogen and oxygen atoms in total. The second kappa shape index (κ2) is 5.13. The normalized spacial score (nSPS) is 24.8. The number of hydrogen-bond donors (Lipinski definition) is 1. The second-order valence-corrected chi connectivity index (χ2v) is 8.02. The van der Waals surface area contributed by atoms with Gasteiger partial charge in [0.2, 0.25) is 0 Å². The van der Waals surface area contributed by atoms with E-state index >= 15 is 0 Å². The van der Waals surface area contributed by atoms with Gasteiger partial charge in [0, 0.05) is 17.0 Å². The van der Waals surface area contributed by atoms with E-state index in [4.69, 9.17) is 17.3 Å². The molecule has 0 spiro atoms. The quantitative estimate of drug-likeness (QED) is 0.945. The maximum absolute atomic E-state index is 12.6. The lowest BCUT2D eigenvalue weighted by Gasteiger charge is -2.04. The third-order valence-corrected chi connectivity index (χ3v) is 6.48. The molecule has 0 radical (unpaired) electrons. The third-order valence-electron chi connectivity index (χ3n) is 3.97. The Kier molecular flexibility index (Phi) is 3.56. The molecule has 0 saturated heterocycles. The SMILES string of the molecule is Cc1ccc([C@@H]2[C@@H](N)[C@H]2S(=O)(=O)c2ccc(Cl)cc2)cc1. The molecule has 110 valence electrons. The van der Waals surface area contributed by atoms with E-state index in [0.717, 1.165) is 11.1 Å². The maximum atomic E-state index is 12.6. The largest absolute Gasteiger partial charge is 0.326 e. The van der Waals surface area contributed by atoms with Crippen LogP contribution in [0.4, 0.5) is 0 Å². The van der Waals surface area contributed by atoms with E-state index in [1.54, 1.807) is 12.1 Å². The first-order valence-electron chi connectivity index (χ1n) is 6.73. The van der Waals surface area contributed by atoms with Crippen LogP contribution in [0.5, 0.6) is 0 Å². The Bertz CT molecular complexity index is 754. The fraction of sp³-hybridized carbons (Fsp3) is 0.250. The predicted octanol–water partition coefficient (Wildman–Crippen LogP) is 2.92. The summed E-state index contributed by atoms with van der Waals surface area (Å²) in [7, 11) is -3.42. The van der Waals surface area contributed by atoms with E-state index in [1.165, 1.54) is 12.1 Å². The highest BCUT2D eigenvalue weighted by molar-refractivity contribution is 7.92. The van der Waals surface area contributed by atoms with Crippen molar-refractivity contribution in [3.8, 4) is 0 Å². The van der Waals surface area contributed by atoms with Gasteiger partial charge in [-0.2, -0.15) is 0 Å². The van der Waals surface area contributed by atoms with Crippen LogP contribution in [0.25, 0.3) is 0 Å². The highest BCUT2D eigenvalue weighted by Gasteiger charge is 2.57. The molecule has 3 rings (SSSR count). The van der Waals surface area contributed by atoms with Gasteiger partial charge in [0.1, 0.15) is 0 Å². The topological polar surface area (TPSA) is 60.2 Å². The molecule has 2 N–H and O–H groups in total. The number of nitrogens with two attached hydrogens (primary N) is 1. The Morgan fingerprint density at radius 3 is 2.14 bits per heavy atom. The summed E-state index contributed by atoms with van der Waals surface area (Å²) in [5.74, 6) is -0.133. The van der Waals surface area contributed by atoms with Crippen molar-refractivity contribution in [1.29, 1.82) is 0 Å². The Labute approximate surface area is 129 Å². The minimum atomic E-state index is -3.42. The lowest BCUT2D eigenvalue weighted by molar-refractivity contribution is 0.593. The van der Waals surface area contributed by atoms with Gasteiger partial charge in [0.05, 0.1) is 10.1 Å². The summed E-state index contributed by atoms with van der Waals surface area (Å²) in [4.78, 5) is 0.280. The predicted molar refractivity (Wildman–Crippen MR) is 84.3 cm³/mol. The van der Waals surface area contributed by atoms with Gasteiger partial charge in [-0.05, 0) is 36.8 Å². The Morgan fingerprint density at radius 2 is 1.57 bits per heavy atom. The fourth-order valence-electron chi connectivity index (χ4n) is 2.69. The monoisotopic (exact) mass is 321 g/mol. The number of rotatable bonds is 3. The van der Waals surface area contributed by atoms with Crippen LogP contribution in [-0.4, -0.2) is 19.7 Å². The van der Waals surface area contributed by atoms with E-state index in [0.29, 0.717) is 5.02 Å². The van der Waals surface area contributed by atoms with Crippen molar-refractivity contribution in [3.63, 3.8) is 0 Å². The summed E-state index contributed by atoms with van der Waals surface area (Å²) in [5.41, 5.74) is 8.15. The molecule has 3 atom stereocenters. The first-order chi connectivity index (χ1) is 9.91. The van der Waals surface area contributed by atoms with Crippen molar-refractivity contribution in [2.75, 3.05) is 0 Å². The van der Waals surface area contributed by atoms with Crippen molar-refractivity contribution in [2.45, 2.75) is 29.0 Å². The molecule has 1 aliphatic carbocycles. The maximum Gasteiger partial charge on any atom is 0.183 e. The summed E-state index contributed by atoms with van der Waals surface area (Å²) < 4.78 is 25.3. The number of hydrogen-bond acceptors (Lipinski definition) is 3. The summed E-state index contributed by atoms with van der Waals surface area (Å²) >= 11 is 5.81. The van der Waals surface area contributed by atoms with E-state index in [1.807, 2.05) is 31.2 Å². The summed E-state index contributed by atoms with van der Waals surface area (Å²) in [6, 6.07) is 13.8. The van der Waals surface area contributed by atoms with Gasteiger partial charge < -0.3 is 5.73 Å². The molecule has 21 heavy (non-hydrogen) atoms. The lowest BCUT2D eigenvalue weighted by Crippen LogP contribution is -2.15. The lowest BCUT2D eigenvalue weighted by atomic mass is 10.1. The van der Waals surface area contributed by atoms with Crippen LogP contribution in [0.3, 0.4) is 0 Å². The van der Waals surface area contributed by atoms with Crippen LogP contribution in [0.15, 0.2) is 53.4 Å². The molecule has 0 amide bonds. The smallest absolute Gasteiger partial charge is 0.183 e. The van der Waals surface area contributed by atoms with E-state index in [9.17, 15) is 8.42 Å². The van der Waals surface area contributed by atoms with Crippen molar-refractivity contribution in [3.05, 3.63) is 64.7 Å². The zero-order chi connectivity index (χ0) is 15.2. The van der Waals surface area contributed by atoms with Gasteiger partial charge >= 0.3 is 0 Å². The average Bonchev–Trinajstić information content (AvgIpc) is 3.12. The Hall–Kier alpha value is -1.36. The number of benzene rings is 2. The minimum Gasteiger partial charge on any atom is -0.326 e. The molecule has 1 saturated carbocycles. The van der Waals surface area contributed by atoms with Gasteiger partial charge in [-0.3, -0.25) is 0 Å². The minimum absolute atomic E-state index is 0.133. The molecule has 0 aromatic heterocycles. The van der Waals surface area contributed by atoms with Crippen LogP contribution in [-0.2, 0) is 9.84 Å². The van der Waals surface area contributed by atoms with Crippen molar-refractivity contribution >= 4 is 21.4 Å². The number of sulfone groups is 1. The van der Waals surface area contributed by atoms with Crippen molar-refractivity contribution in [2.24, 2.45) is 5.73 Å². The van der Waals surface area contributed by atoms with Crippen LogP contribution < -0.4 is 5.73 Å². The van der Waals surface area contributed by atoms with Crippen LogP contribution in [0.2, 0.25) is 5.02 Å². The molecule has 1 fully saturated rings. The van der Waals surface area contributed by atoms with Gasteiger partial charge in [-0.1, -0.05) is 41.4 Å². The average molecular weight is 322 g/mol. The van der Waals surface area contributed by atoms with E-state index in [2.05, 4.69) is 0 Å². The van der Waals surface area contributed by atoms with Crippen molar-refractivity contribution < 1.29 is 8.42 Å². The van der Waals surface area contributed by atoms with E-state index in [-0.39, 0.29) is 16.9 Å². The molecule has 0 heterocycles. The van der Waals surface area contributed by atoms with Gasteiger partial charge in [-0.15, -0.1) is 0 Å². The van der Waals surface area contributed by atoms with Gasteiger partial charge in [0.15, 0.2) is 9.84 Å². The first kappa shape index (κ1) is 14.6. The number of halogens is 1. The third kappa shape index (κ3) is 2.59. The molecule has 0 unspecified atom stereocenters. The van der Waals surface area contributed by atoms with Crippen LogP contribution in [0, 0.1) is 6.92 Å². The standard InChI is InChI=1S/C16H16ClNO2S/c1-10-2-4-11(5-3-10)14-15(18)16(14)21(19,20)13-8-6-12(17)7-9-13/h2-9,14-16H,18H2,1H3/t14-,15-,16+/m1/s1. The molecular weight excluding hydrogens is 306 g/mol. The first-order valence-corrected chi connectivity index (χ1v) is 8.65. The fourth-order valence-corrected chi connectivity index (χ4v) is 4.86. The highest BCUT2D eigenvalue weighted by Crippen LogP contribution is 2.47. The number of aryl methyl sites for hydroxylation is 1. The summed E-state index contributed by atoms with van der Waals surface area (Å²) in [6.45, 7) is 2.00. The Morgan fingerprint density at radius 1 is 1.00 bits per heavy atom. The molecule has 2 aromatic rings. The van der Waals surface area contributed by atoms with Crippen LogP contribution in [0.1, 0.15) is 17.0 Å². The molecule has 2 aromatic carbocycles. The zero-order valence-corrected chi connectivity index (χ0v) is 13.1.